The molecule has 1 amide bonds. The number of rotatable bonds is 3. The molecule has 0 radical (unpaired) electrons. The summed E-state index contributed by atoms with van der Waals surface area (Å²) in [5, 5.41) is 12.3. The Labute approximate surface area is 154 Å². The van der Waals surface area contributed by atoms with Gasteiger partial charge in [0, 0.05) is 12.2 Å². The van der Waals surface area contributed by atoms with E-state index in [9.17, 15) is 18.0 Å². The first-order valence-corrected chi connectivity index (χ1v) is 8.38. The number of nitrogens with two attached hydrogens (primary N) is 1. The molecule has 0 spiro atoms. The van der Waals surface area contributed by atoms with E-state index in [2.05, 4.69) is 12.2 Å². The normalized spacial score (nSPS) is 15.3. The van der Waals surface area contributed by atoms with E-state index in [1.54, 1.807) is 0 Å². The van der Waals surface area contributed by atoms with Crippen molar-refractivity contribution >= 4 is 28.3 Å². The highest BCUT2D eigenvalue weighted by molar-refractivity contribution is 6.03. The molecule has 3 rings (SSSR count). The monoisotopic (exact) mass is 382 g/mol. The van der Waals surface area contributed by atoms with E-state index >= 15 is 0 Å². The van der Waals surface area contributed by atoms with Gasteiger partial charge in [0.1, 0.15) is 0 Å². The average Bonchev–Trinajstić information content (AvgIpc) is 2.57. The number of benzene rings is 2. The van der Waals surface area contributed by atoms with Gasteiger partial charge < -0.3 is 16.2 Å². The molecular weight excluding hydrogens is 361 g/mol. The molecule has 1 aliphatic carbocycles. The minimum absolute atomic E-state index is 0.0682. The van der Waals surface area contributed by atoms with Crippen LogP contribution in [0.5, 0.6) is 0 Å². The van der Waals surface area contributed by atoms with Crippen molar-refractivity contribution in [3.8, 4) is 0 Å². The topological polar surface area (TPSA) is 92.4 Å². The summed E-state index contributed by atoms with van der Waals surface area (Å²) in [6.07, 6.45) is -1.43. The Bertz CT molecular complexity index is 846. The Morgan fingerprint density at radius 3 is 2.15 bits per heavy atom. The Hall–Kier alpha value is -2.77. The van der Waals surface area contributed by atoms with Gasteiger partial charge in [-0.1, -0.05) is 37.6 Å². The molecule has 2 aromatic carbocycles. The Morgan fingerprint density at radius 2 is 1.70 bits per heavy atom. The molecule has 5 nitrogen and oxygen atoms in total. The predicted octanol–water partition coefficient (Wildman–Crippen LogP) is 3.98. The summed E-state index contributed by atoms with van der Waals surface area (Å²) in [6, 6.07) is 11.7. The molecule has 0 aromatic heterocycles. The fourth-order valence-corrected chi connectivity index (χ4v) is 2.80. The second kappa shape index (κ2) is 7.85. The number of amides is 1. The van der Waals surface area contributed by atoms with E-state index in [0.29, 0.717) is 11.3 Å². The van der Waals surface area contributed by atoms with Crippen molar-refractivity contribution in [2.45, 2.75) is 32.4 Å². The van der Waals surface area contributed by atoms with Gasteiger partial charge in [0.05, 0.1) is 5.56 Å². The first-order chi connectivity index (χ1) is 12.5. The molecule has 1 fully saturated rings. The molecule has 0 saturated heterocycles. The number of hydrogen-bond donors (Lipinski definition) is 3. The number of carboxylic acids is 1. The van der Waals surface area contributed by atoms with Gasteiger partial charge in [0.25, 0.3) is 5.91 Å². The summed E-state index contributed by atoms with van der Waals surface area (Å²) >= 11 is 0. The molecule has 146 valence electrons. The number of aliphatic carboxylic acids is 1. The lowest BCUT2D eigenvalue weighted by molar-refractivity contribution is -0.192. The maximum absolute atomic E-state index is 12.3. The van der Waals surface area contributed by atoms with Gasteiger partial charge in [-0.2, -0.15) is 13.2 Å². The standard InChI is InChI=1S/C17H20N2O.C2HF3O2/c1-17(7-4-8-17)11-19-16(20)14-9-12-5-2-3-6-13(12)10-15(14)18;3-2(4,5)1(6)7/h2-3,5-6,9-10H,4,7-8,11,18H2,1H3,(H,19,20);(H,6,7). The largest absolute Gasteiger partial charge is 0.490 e. The van der Waals surface area contributed by atoms with Crippen LogP contribution >= 0.6 is 0 Å². The quantitative estimate of drug-likeness (QED) is 0.700. The molecule has 4 N–H and O–H groups in total. The van der Waals surface area contributed by atoms with Crippen molar-refractivity contribution in [3.63, 3.8) is 0 Å². The van der Waals surface area contributed by atoms with Crippen LogP contribution in [0.2, 0.25) is 0 Å². The van der Waals surface area contributed by atoms with Gasteiger partial charge >= 0.3 is 12.1 Å². The van der Waals surface area contributed by atoms with Crippen LogP contribution in [-0.2, 0) is 4.79 Å². The minimum atomic E-state index is -5.08. The predicted molar refractivity (Wildman–Crippen MR) is 96.3 cm³/mol. The van der Waals surface area contributed by atoms with E-state index in [4.69, 9.17) is 15.6 Å². The molecule has 1 aliphatic rings. The Morgan fingerprint density at radius 1 is 1.19 bits per heavy atom. The van der Waals surface area contributed by atoms with E-state index in [1.165, 1.54) is 19.3 Å². The number of carbonyl (C=O) groups excluding carboxylic acids is 1. The van der Waals surface area contributed by atoms with E-state index in [-0.39, 0.29) is 11.3 Å². The highest BCUT2D eigenvalue weighted by Crippen LogP contribution is 2.39. The highest BCUT2D eigenvalue weighted by atomic mass is 19.4. The van der Waals surface area contributed by atoms with Crippen LogP contribution in [0.25, 0.3) is 10.8 Å². The van der Waals surface area contributed by atoms with Crippen LogP contribution in [0.4, 0.5) is 18.9 Å². The van der Waals surface area contributed by atoms with Gasteiger partial charge in [-0.15, -0.1) is 0 Å². The smallest absolute Gasteiger partial charge is 0.475 e. The van der Waals surface area contributed by atoms with E-state index < -0.39 is 12.1 Å². The number of nitrogen functional groups attached to an aromatic ring is 1. The second-order valence-corrected chi connectivity index (χ2v) is 6.94. The zero-order valence-corrected chi connectivity index (χ0v) is 14.8. The zero-order valence-electron chi connectivity index (χ0n) is 14.8. The number of carboxylic acid groups (broad SMARTS) is 1. The average molecular weight is 382 g/mol. The van der Waals surface area contributed by atoms with Crippen molar-refractivity contribution in [1.29, 1.82) is 0 Å². The number of carbonyl (C=O) groups is 2. The summed E-state index contributed by atoms with van der Waals surface area (Å²) in [5.74, 6) is -2.83. The lowest BCUT2D eigenvalue weighted by Gasteiger charge is -2.38. The molecular formula is C19H21F3N2O3. The summed E-state index contributed by atoms with van der Waals surface area (Å²) in [7, 11) is 0. The molecule has 0 atom stereocenters. The van der Waals surface area contributed by atoms with Crippen molar-refractivity contribution < 1.29 is 27.9 Å². The lowest BCUT2D eigenvalue weighted by atomic mass is 9.70. The van der Waals surface area contributed by atoms with Crippen molar-refractivity contribution in [2.24, 2.45) is 5.41 Å². The van der Waals surface area contributed by atoms with Gasteiger partial charge in [0.15, 0.2) is 0 Å². The van der Waals surface area contributed by atoms with Crippen LogP contribution in [0.1, 0.15) is 36.5 Å². The maximum atomic E-state index is 12.3. The summed E-state index contributed by atoms with van der Waals surface area (Å²) in [4.78, 5) is 21.2. The van der Waals surface area contributed by atoms with E-state index in [0.717, 1.165) is 17.3 Å². The van der Waals surface area contributed by atoms with Gasteiger partial charge in [-0.05, 0) is 41.2 Å². The van der Waals surface area contributed by atoms with Crippen LogP contribution in [0, 0.1) is 5.41 Å². The van der Waals surface area contributed by atoms with Crippen LogP contribution < -0.4 is 11.1 Å². The first kappa shape index (κ1) is 20.5. The van der Waals surface area contributed by atoms with Crippen molar-refractivity contribution in [3.05, 3.63) is 42.0 Å². The summed E-state index contributed by atoms with van der Waals surface area (Å²) < 4.78 is 31.7. The molecule has 27 heavy (non-hydrogen) atoms. The molecule has 0 unspecified atom stereocenters. The van der Waals surface area contributed by atoms with Crippen LogP contribution in [0.15, 0.2) is 36.4 Å². The number of alkyl halides is 3. The first-order valence-electron chi connectivity index (χ1n) is 8.38. The van der Waals surface area contributed by atoms with Gasteiger partial charge in [0.2, 0.25) is 0 Å². The molecule has 1 saturated carbocycles. The molecule has 8 heteroatoms. The number of fused-ring (bicyclic) bond motifs is 1. The number of hydrogen-bond acceptors (Lipinski definition) is 3. The number of anilines is 1. The maximum Gasteiger partial charge on any atom is 0.490 e. The Balaban J connectivity index is 0.000000321. The second-order valence-electron chi connectivity index (χ2n) is 6.94. The van der Waals surface area contributed by atoms with Crippen LogP contribution in [0.3, 0.4) is 0 Å². The van der Waals surface area contributed by atoms with Crippen molar-refractivity contribution in [1.82, 2.24) is 5.32 Å². The molecule has 0 heterocycles. The minimum Gasteiger partial charge on any atom is -0.475 e. The van der Waals surface area contributed by atoms with Crippen molar-refractivity contribution in [2.75, 3.05) is 12.3 Å². The third kappa shape index (κ3) is 5.35. The SMILES string of the molecule is CC1(CNC(=O)c2cc3ccccc3cc2N)CCC1.O=C(O)C(F)(F)F. The lowest BCUT2D eigenvalue weighted by Crippen LogP contribution is -2.40. The fraction of sp³-hybridized carbons (Fsp3) is 0.368. The number of halogens is 3. The van der Waals surface area contributed by atoms with E-state index in [1.807, 2.05) is 36.4 Å². The summed E-state index contributed by atoms with van der Waals surface area (Å²) in [5.41, 5.74) is 7.41. The highest BCUT2D eigenvalue weighted by Gasteiger charge is 2.38. The van der Waals surface area contributed by atoms with Crippen LogP contribution in [-0.4, -0.2) is 29.7 Å². The third-order valence-electron chi connectivity index (χ3n) is 4.64. The molecule has 2 aromatic rings. The fourth-order valence-electron chi connectivity index (χ4n) is 2.80. The Kier molecular flexibility index (Phi) is 5.98. The number of nitrogens with one attached hydrogen (secondary N) is 1. The molecule has 0 bridgehead atoms. The zero-order chi connectivity index (χ0) is 20.2. The van der Waals surface area contributed by atoms with Gasteiger partial charge in [-0.3, -0.25) is 4.79 Å². The van der Waals surface area contributed by atoms with Gasteiger partial charge in [-0.25, -0.2) is 4.79 Å². The summed E-state index contributed by atoms with van der Waals surface area (Å²) in [6.45, 7) is 2.96. The third-order valence-corrected chi connectivity index (χ3v) is 4.64. The molecule has 0 aliphatic heterocycles.